The number of guanidine groups is 1. The summed E-state index contributed by atoms with van der Waals surface area (Å²) in [7, 11) is 0. The highest BCUT2D eigenvalue weighted by molar-refractivity contribution is 14.0. The molecule has 1 unspecified atom stereocenters. The van der Waals surface area contributed by atoms with Crippen LogP contribution in [0.25, 0.3) is 0 Å². The Hall–Kier alpha value is -0.500. The predicted molar refractivity (Wildman–Crippen MR) is 107 cm³/mol. The Labute approximate surface area is 155 Å². The quantitative estimate of drug-likeness (QED) is 0.449. The molecule has 2 heterocycles. The van der Waals surface area contributed by atoms with Gasteiger partial charge in [-0.05, 0) is 31.9 Å². The van der Waals surface area contributed by atoms with E-state index >= 15 is 0 Å². The van der Waals surface area contributed by atoms with Crippen molar-refractivity contribution in [2.75, 3.05) is 25.4 Å². The van der Waals surface area contributed by atoms with E-state index in [1.807, 2.05) is 12.3 Å². The Morgan fingerprint density at radius 3 is 3.00 bits per heavy atom. The van der Waals surface area contributed by atoms with E-state index in [0.29, 0.717) is 6.54 Å². The molecule has 0 aliphatic carbocycles. The van der Waals surface area contributed by atoms with Gasteiger partial charge >= 0.3 is 0 Å². The van der Waals surface area contributed by atoms with E-state index in [-0.39, 0.29) is 24.0 Å². The molecule has 124 valence electrons. The van der Waals surface area contributed by atoms with Gasteiger partial charge in [-0.2, -0.15) is 11.8 Å². The van der Waals surface area contributed by atoms with E-state index in [9.17, 15) is 0 Å². The molecule has 0 bridgehead atoms. The molecule has 6 heteroatoms. The van der Waals surface area contributed by atoms with Crippen LogP contribution in [0.3, 0.4) is 0 Å². The lowest BCUT2D eigenvalue weighted by Gasteiger charge is -2.34. The minimum Gasteiger partial charge on any atom is -0.357 e. The van der Waals surface area contributed by atoms with Crippen LogP contribution in [0.15, 0.2) is 23.3 Å². The van der Waals surface area contributed by atoms with E-state index in [1.54, 1.807) is 0 Å². The highest BCUT2D eigenvalue weighted by Crippen LogP contribution is 2.21. The minimum atomic E-state index is 0. The molecule has 0 saturated carbocycles. The summed E-state index contributed by atoms with van der Waals surface area (Å²) in [6.45, 7) is 10.2. The van der Waals surface area contributed by atoms with E-state index in [4.69, 9.17) is 4.99 Å². The lowest BCUT2D eigenvalue weighted by atomic mass is 10.2. The second-order valence-corrected chi connectivity index (χ2v) is 6.69. The van der Waals surface area contributed by atoms with Crippen LogP contribution in [0.4, 0.5) is 0 Å². The van der Waals surface area contributed by atoms with Gasteiger partial charge in [-0.25, -0.2) is 4.99 Å². The number of halogens is 1. The van der Waals surface area contributed by atoms with Gasteiger partial charge in [0.2, 0.25) is 0 Å². The van der Waals surface area contributed by atoms with Crippen LogP contribution in [-0.4, -0.2) is 46.5 Å². The van der Waals surface area contributed by atoms with E-state index < -0.39 is 0 Å². The fourth-order valence-corrected chi connectivity index (χ4v) is 3.60. The number of hydrogen-bond acceptors (Lipinski definition) is 3. The Balaban J connectivity index is 0.00000242. The smallest absolute Gasteiger partial charge is 0.194 e. The van der Waals surface area contributed by atoms with Crippen molar-refractivity contribution in [2.24, 2.45) is 4.99 Å². The summed E-state index contributed by atoms with van der Waals surface area (Å²) in [5, 5.41) is 4.15. The number of thioether (sulfide) groups is 1. The first-order valence-electron chi connectivity index (χ1n) is 7.80. The Morgan fingerprint density at radius 1 is 1.50 bits per heavy atom. The number of nitrogens with one attached hydrogen (secondary N) is 1. The van der Waals surface area contributed by atoms with Gasteiger partial charge in [0, 0.05) is 36.8 Å². The van der Waals surface area contributed by atoms with Crippen molar-refractivity contribution in [1.29, 1.82) is 0 Å². The van der Waals surface area contributed by atoms with Crippen LogP contribution >= 0.6 is 35.7 Å². The van der Waals surface area contributed by atoms with Crippen LogP contribution in [-0.2, 0) is 6.54 Å². The normalized spacial score (nSPS) is 18.8. The largest absolute Gasteiger partial charge is 0.357 e. The minimum absolute atomic E-state index is 0. The summed E-state index contributed by atoms with van der Waals surface area (Å²) >= 11 is 2.08. The molecule has 1 fully saturated rings. The molecule has 1 aliphatic heterocycles. The van der Waals surface area contributed by atoms with Crippen molar-refractivity contribution in [3.05, 3.63) is 29.6 Å². The molecular formula is C16H27IN4S. The first-order chi connectivity index (χ1) is 10.2. The molecule has 0 radical (unpaired) electrons. The fraction of sp³-hybridized carbons (Fsp3) is 0.625. The molecule has 2 rings (SSSR count). The van der Waals surface area contributed by atoms with Crippen LogP contribution in [0.1, 0.15) is 31.5 Å². The zero-order valence-corrected chi connectivity index (χ0v) is 16.9. The van der Waals surface area contributed by atoms with Gasteiger partial charge in [-0.1, -0.05) is 13.0 Å². The number of aromatic nitrogens is 1. The van der Waals surface area contributed by atoms with Crippen LogP contribution in [0.5, 0.6) is 0 Å². The molecule has 1 atom stereocenters. The fourth-order valence-electron chi connectivity index (χ4n) is 2.42. The number of rotatable bonds is 4. The van der Waals surface area contributed by atoms with Crippen LogP contribution < -0.4 is 5.32 Å². The number of hydrogen-bond donors (Lipinski definition) is 1. The van der Waals surface area contributed by atoms with Gasteiger partial charge in [0.1, 0.15) is 0 Å². The lowest BCUT2D eigenvalue weighted by molar-refractivity contribution is 0.408. The molecule has 1 aromatic rings. The summed E-state index contributed by atoms with van der Waals surface area (Å²) in [5.74, 6) is 2.22. The number of aliphatic imine (C=N–C) groups is 1. The average molecular weight is 434 g/mol. The van der Waals surface area contributed by atoms with Crippen LogP contribution in [0, 0.1) is 6.92 Å². The highest BCUT2D eigenvalue weighted by Gasteiger charge is 2.21. The molecular weight excluding hydrogens is 407 g/mol. The number of pyridine rings is 1. The van der Waals surface area contributed by atoms with Crippen molar-refractivity contribution >= 4 is 41.7 Å². The first kappa shape index (κ1) is 19.5. The summed E-state index contributed by atoms with van der Waals surface area (Å²) in [6, 6.07) is 4.07. The SMILES string of the molecule is CCNC(=NCc1ncccc1C)N1CCSC(CC)C1.I. The van der Waals surface area contributed by atoms with E-state index in [2.05, 4.69) is 53.8 Å². The second-order valence-electron chi connectivity index (χ2n) is 5.28. The van der Waals surface area contributed by atoms with Gasteiger partial charge in [-0.15, -0.1) is 24.0 Å². The molecule has 4 nitrogen and oxygen atoms in total. The van der Waals surface area contributed by atoms with Crippen molar-refractivity contribution < 1.29 is 0 Å². The Bertz CT molecular complexity index is 481. The predicted octanol–water partition coefficient (Wildman–Crippen LogP) is 3.30. The standard InChI is InChI=1S/C16H26N4S.HI/c1-4-14-12-20(9-10-21-14)16(17-5-2)19-11-15-13(3)7-6-8-18-15;/h6-8,14H,4-5,9-12H2,1-3H3,(H,17,19);1H. The monoisotopic (exact) mass is 434 g/mol. The zero-order valence-electron chi connectivity index (χ0n) is 13.7. The highest BCUT2D eigenvalue weighted by atomic mass is 127. The summed E-state index contributed by atoms with van der Waals surface area (Å²) in [5.41, 5.74) is 2.27. The van der Waals surface area contributed by atoms with Crippen molar-refractivity contribution in [3.63, 3.8) is 0 Å². The van der Waals surface area contributed by atoms with Gasteiger partial charge in [-0.3, -0.25) is 4.98 Å². The first-order valence-corrected chi connectivity index (χ1v) is 8.84. The maximum Gasteiger partial charge on any atom is 0.194 e. The number of nitrogens with zero attached hydrogens (tertiary/aromatic N) is 3. The molecule has 1 aliphatic rings. The van der Waals surface area contributed by atoms with Crippen molar-refractivity contribution in [3.8, 4) is 0 Å². The van der Waals surface area contributed by atoms with E-state index in [1.165, 1.54) is 17.7 Å². The van der Waals surface area contributed by atoms with Gasteiger partial charge in [0.05, 0.1) is 12.2 Å². The topological polar surface area (TPSA) is 40.5 Å². The molecule has 0 amide bonds. The van der Waals surface area contributed by atoms with Crippen molar-refractivity contribution in [1.82, 2.24) is 15.2 Å². The van der Waals surface area contributed by atoms with Crippen molar-refractivity contribution in [2.45, 2.75) is 39.0 Å². The Morgan fingerprint density at radius 2 is 2.32 bits per heavy atom. The average Bonchev–Trinajstić information content (AvgIpc) is 2.53. The molecule has 1 saturated heterocycles. The van der Waals surface area contributed by atoms with Gasteiger partial charge in [0.15, 0.2) is 5.96 Å². The number of aryl methyl sites for hydroxylation is 1. The molecule has 1 N–H and O–H groups in total. The van der Waals surface area contributed by atoms with Gasteiger partial charge in [0.25, 0.3) is 0 Å². The Kier molecular flexibility index (Phi) is 9.16. The molecule has 0 spiro atoms. The third-order valence-corrected chi connectivity index (χ3v) is 5.10. The summed E-state index contributed by atoms with van der Waals surface area (Å²) in [4.78, 5) is 11.6. The third kappa shape index (κ3) is 5.61. The molecule has 0 aromatic carbocycles. The molecule has 22 heavy (non-hydrogen) atoms. The second kappa shape index (κ2) is 10.3. The third-order valence-electron chi connectivity index (χ3n) is 3.72. The van der Waals surface area contributed by atoms with E-state index in [0.717, 1.165) is 36.5 Å². The zero-order chi connectivity index (χ0) is 15.1. The lowest BCUT2D eigenvalue weighted by Crippen LogP contribution is -2.48. The maximum atomic E-state index is 4.80. The molecule has 1 aromatic heterocycles. The summed E-state index contributed by atoms with van der Waals surface area (Å²) in [6.07, 6.45) is 3.06. The van der Waals surface area contributed by atoms with Gasteiger partial charge < -0.3 is 10.2 Å². The maximum absolute atomic E-state index is 4.80. The summed E-state index contributed by atoms with van der Waals surface area (Å²) < 4.78 is 0. The van der Waals surface area contributed by atoms with Crippen LogP contribution in [0.2, 0.25) is 0 Å².